The van der Waals surface area contributed by atoms with E-state index in [0.29, 0.717) is 57.5 Å². The highest BCUT2D eigenvalue weighted by molar-refractivity contribution is 7.89. The number of rotatable bonds is 16. The highest BCUT2D eigenvalue weighted by Gasteiger charge is 2.15. The molecule has 9 nitrogen and oxygen atoms in total. The number of anilines is 2. The highest BCUT2D eigenvalue weighted by atomic mass is 32.2. The molecule has 11 heteroatoms. The number of halogens is 1. The van der Waals surface area contributed by atoms with Gasteiger partial charge in [-0.3, -0.25) is 0 Å². The van der Waals surface area contributed by atoms with Gasteiger partial charge in [0.05, 0.1) is 24.7 Å². The summed E-state index contributed by atoms with van der Waals surface area (Å²) in [7, 11) is 1.62. The quantitative estimate of drug-likeness (QED) is 0.148. The van der Waals surface area contributed by atoms with Gasteiger partial charge in [0, 0.05) is 58.8 Å². The molecule has 0 heterocycles. The number of hydrogen-bond acceptors (Lipinski definition) is 6. The summed E-state index contributed by atoms with van der Waals surface area (Å²) in [6.45, 7) is 3.46. The maximum absolute atomic E-state index is 13.4. The van der Waals surface area contributed by atoms with E-state index in [2.05, 4.69) is 14.9 Å². The van der Waals surface area contributed by atoms with Crippen molar-refractivity contribution in [3.05, 3.63) is 90.2 Å². The summed E-state index contributed by atoms with van der Waals surface area (Å²) in [4.78, 5) is 9.06. The first-order chi connectivity index (χ1) is 19.8. The second-order valence-electron chi connectivity index (χ2n) is 9.40. The SMILES string of the molecule is COCCN(CCOC)C(=NCc1ccc(S(=O)(=O)NCCCN(C)c2ccccc2)cc1)Nc1ccc(F)cc1. The smallest absolute Gasteiger partial charge is 0.240 e. The molecule has 0 aliphatic rings. The number of aliphatic imine (C=N–C) groups is 1. The third-order valence-electron chi connectivity index (χ3n) is 6.33. The number of ether oxygens (including phenoxy) is 2. The van der Waals surface area contributed by atoms with Crippen LogP contribution in [-0.4, -0.2) is 79.9 Å². The lowest BCUT2D eigenvalue weighted by Crippen LogP contribution is -2.40. The molecule has 0 amide bonds. The first-order valence-electron chi connectivity index (χ1n) is 13.5. The van der Waals surface area contributed by atoms with E-state index >= 15 is 0 Å². The fourth-order valence-electron chi connectivity index (χ4n) is 3.97. The number of nitrogens with zero attached hydrogens (tertiary/aromatic N) is 3. The molecule has 0 unspecified atom stereocenters. The van der Waals surface area contributed by atoms with Gasteiger partial charge in [0.15, 0.2) is 5.96 Å². The summed E-state index contributed by atoms with van der Waals surface area (Å²) in [5.41, 5.74) is 2.61. The van der Waals surface area contributed by atoms with Crippen LogP contribution in [0.15, 0.2) is 88.8 Å². The molecule has 222 valence electrons. The maximum Gasteiger partial charge on any atom is 0.240 e. The van der Waals surface area contributed by atoms with Crippen LogP contribution in [0.1, 0.15) is 12.0 Å². The fourth-order valence-corrected chi connectivity index (χ4v) is 5.04. The Kier molecular flexibility index (Phi) is 13.0. The average Bonchev–Trinajstić information content (AvgIpc) is 2.99. The lowest BCUT2D eigenvalue weighted by atomic mass is 10.2. The molecule has 0 radical (unpaired) electrons. The van der Waals surface area contributed by atoms with Crippen molar-refractivity contribution in [2.45, 2.75) is 17.9 Å². The van der Waals surface area contributed by atoms with Gasteiger partial charge in [-0.05, 0) is 60.5 Å². The van der Waals surface area contributed by atoms with Crippen LogP contribution in [0.3, 0.4) is 0 Å². The molecule has 3 aromatic rings. The van der Waals surface area contributed by atoms with Crippen molar-refractivity contribution in [1.29, 1.82) is 0 Å². The van der Waals surface area contributed by atoms with Gasteiger partial charge in [0.1, 0.15) is 5.82 Å². The van der Waals surface area contributed by atoms with Gasteiger partial charge in [0.25, 0.3) is 0 Å². The van der Waals surface area contributed by atoms with E-state index in [0.717, 1.165) is 17.8 Å². The van der Waals surface area contributed by atoms with Crippen molar-refractivity contribution in [3.63, 3.8) is 0 Å². The van der Waals surface area contributed by atoms with Crippen molar-refractivity contribution < 1.29 is 22.3 Å². The average molecular weight is 586 g/mol. The van der Waals surface area contributed by atoms with Crippen molar-refractivity contribution in [2.24, 2.45) is 4.99 Å². The van der Waals surface area contributed by atoms with E-state index in [4.69, 9.17) is 14.5 Å². The fraction of sp³-hybridized carbons (Fsp3) is 0.367. The highest BCUT2D eigenvalue weighted by Crippen LogP contribution is 2.14. The molecule has 0 bridgehead atoms. The number of para-hydroxylation sites is 1. The van der Waals surface area contributed by atoms with Gasteiger partial charge < -0.3 is 24.6 Å². The van der Waals surface area contributed by atoms with Crippen LogP contribution in [0.2, 0.25) is 0 Å². The van der Waals surface area contributed by atoms with Crippen LogP contribution >= 0.6 is 0 Å². The number of methoxy groups -OCH3 is 2. The number of sulfonamides is 1. The standard InChI is InChI=1S/C30H40FN5O4S/c1-35(28-8-5-4-6-9-28)19-7-18-33-41(37,38)29-16-10-25(11-17-29)24-32-30(34-27-14-12-26(31)13-15-27)36(20-22-39-2)21-23-40-3/h4-6,8-17,33H,7,18-24H2,1-3H3,(H,32,34). The van der Waals surface area contributed by atoms with Crippen LogP contribution in [-0.2, 0) is 26.0 Å². The van der Waals surface area contributed by atoms with Crippen molar-refractivity contribution in [1.82, 2.24) is 9.62 Å². The molecule has 0 spiro atoms. The van der Waals surface area contributed by atoms with Crippen LogP contribution in [0, 0.1) is 5.82 Å². The largest absolute Gasteiger partial charge is 0.383 e. The van der Waals surface area contributed by atoms with Gasteiger partial charge in [-0.1, -0.05) is 30.3 Å². The number of hydrogen-bond donors (Lipinski definition) is 2. The predicted octanol–water partition coefficient (Wildman–Crippen LogP) is 4.19. The van der Waals surface area contributed by atoms with Crippen LogP contribution in [0.5, 0.6) is 0 Å². The Balaban J connectivity index is 1.63. The van der Waals surface area contributed by atoms with E-state index in [1.807, 2.05) is 42.3 Å². The molecule has 3 rings (SSSR count). The normalized spacial score (nSPS) is 11.9. The van der Waals surface area contributed by atoms with E-state index < -0.39 is 10.0 Å². The Labute approximate surface area is 243 Å². The van der Waals surface area contributed by atoms with Crippen molar-refractivity contribution in [3.8, 4) is 0 Å². The molecule has 0 saturated heterocycles. The summed E-state index contributed by atoms with van der Waals surface area (Å²) in [6.07, 6.45) is 0.671. The minimum atomic E-state index is -3.63. The molecule has 2 N–H and O–H groups in total. The number of benzene rings is 3. The maximum atomic E-state index is 13.4. The van der Waals surface area contributed by atoms with Crippen LogP contribution in [0.4, 0.5) is 15.8 Å². The summed E-state index contributed by atoms with van der Waals surface area (Å²) in [5, 5.41) is 3.27. The molecular formula is C30H40FN5O4S. The van der Waals surface area contributed by atoms with E-state index in [1.165, 1.54) is 12.1 Å². The first kappa shape index (κ1) is 32.0. The van der Waals surface area contributed by atoms with Crippen LogP contribution in [0.25, 0.3) is 0 Å². The number of nitrogens with one attached hydrogen (secondary N) is 2. The van der Waals surface area contributed by atoms with Crippen molar-refractivity contribution >= 4 is 27.4 Å². The second-order valence-corrected chi connectivity index (χ2v) is 11.2. The molecule has 0 aliphatic heterocycles. The predicted molar refractivity (Wildman–Crippen MR) is 162 cm³/mol. The van der Waals surface area contributed by atoms with Gasteiger partial charge in [-0.15, -0.1) is 0 Å². The molecule has 0 aromatic heterocycles. The summed E-state index contributed by atoms with van der Waals surface area (Å²) in [5.74, 6) is 0.248. The molecule has 3 aromatic carbocycles. The second kappa shape index (κ2) is 16.7. The minimum absolute atomic E-state index is 0.202. The van der Waals surface area contributed by atoms with Gasteiger partial charge in [-0.2, -0.15) is 0 Å². The monoisotopic (exact) mass is 585 g/mol. The van der Waals surface area contributed by atoms with Crippen molar-refractivity contribution in [2.75, 3.05) is 70.9 Å². The molecular weight excluding hydrogens is 545 g/mol. The Morgan fingerprint density at radius 3 is 2.12 bits per heavy atom. The molecule has 0 aliphatic carbocycles. The zero-order chi connectivity index (χ0) is 29.5. The lowest BCUT2D eigenvalue weighted by molar-refractivity contribution is 0.146. The third kappa shape index (κ3) is 10.8. The summed E-state index contributed by atoms with van der Waals surface area (Å²) in [6, 6.07) is 22.7. The molecule has 0 atom stereocenters. The number of guanidine groups is 1. The minimum Gasteiger partial charge on any atom is -0.383 e. The molecule has 0 fully saturated rings. The Morgan fingerprint density at radius 2 is 1.51 bits per heavy atom. The van der Waals surface area contributed by atoms with Crippen LogP contribution < -0.4 is 14.9 Å². The van der Waals surface area contributed by atoms with Gasteiger partial charge in [-0.25, -0.2) is 22.5 Å². The zero-order valence-corrected chi connectivity index (χ0v) is 24.7. The third-order valence-corrected chi connectivity index (χ3v) is 7.81. The molecule has 0 saturated carbocycles. The molecule has 41 heavy (non-hydrogen) atoms. The topological polar surface area (TPSA) is 95.5 Å². The van der Waals surface area contributed by atoms with E-state index in [1.54, 1.807) is 50.6 Å². The van der Waals surface area contributed by atoms with Gasteiger partial charge >= 0.3 is 0 Å². The van der Waals surface area contributed by atoms with Gasteiger partial charge in [0.2, 0.25) is 10.0 Å². The Morgan fingerprint density at radius 1 is 0.878 bits per heavy atom. The summed E-state index contributed by atoms with van der Waals surface area (Å²) >= 11 is 0. The van der Waals surface area contributed by atoms with E-state index in [-0.39, 0.29) is 10.7 Å². The van der Waals surface area contributed by atoms with E-state index in [9.17, 15) is 12.8 Å². The zero-order valence-electron chi connectivity index (χ0n) is 23.9. The lowest BCUT2D eigenvalue weighted by Gasteiger charge is -2.26. The first-order valence-corrected chi connectivity index (χ1v) is 15.0. The summed E-state index contributed by atoms with van der Waals surface area (Å²) < 4.78 is 52.3. The Bertz CT molecular complexity index is 1300. The Hall–Kier alpha value is -3.51.